The van der Waals surface area contributed by atoms with Crippen molar-refractivity contribution >= 4 is 0 Å². The van der Waals surface area contributed by atoms with E-state index in [-0.39, 0.29) is 6.04 Å². The van der Waals surface area contributed by atoms with Crippen LogP contribution in [0.15, 0.2) is 54.6 Å². The van der Waals surface area contributed by atoms with Crippen molar-refractivity contribution in [1.29, 1.82) is 0 Å². The molecule has 0 heterocycles. The molecule has 0 saturated heterocycles. The Labute approximate surface area is 122 Å². The van der Waals surface area contributed by atoms with E-state index in [4.69, 9.17) is 5.73 Å². The van der Waals surface area contributed by atoms with Gasteiger partial charge in [0.25, 0.3) is 0 Å². The van der Waals surface area contributed by atoms with Gasteiger partial charge in [-0.25, -0.2) is 0 Å². The van der Waals surface area contributed by atoms with Crippen LogP contribution >= 0.6 is 0 Å². The van der Waals surface area contributed by atoms with Crippen LogP contribution in [0, 0.1) is 0 Å². The summed E-state index contributed by atoms with van der Waals surface area (Å²) in [6.45, 7) is 2.18. The standard InChI is InChI=1S/C19H25N/c1-2-16-11-13-18(14-12-16)15-19(20)10-6-9-17-7-4-3-5-8-17/h3-5,7-8,11-14,19H,2,6,9-10,15,20H2,1H3. The van der Waals surface area contributed by atoms with E-state index in [0.717, 1.165) is 32.1 Å². The Balaban J connectivity index is 1.73. The van der Waals surface area contributed by atoms with Crippen molar-refractivity contribution in [1.82, 2.24) is 0 Å². The predicted octanol–water partition coefficient (Wildman–Crippen LogP) is 4.14. The quantitative estimate of drug-likeness (QED) is 0.801. The molecule has 1 nitrogen and oxygen atoms in total. The highest BCUT2D eigenvalue weighted by atomic mass is 14.6. The third kappa shape index (κ3) is 4.82. The summed E-state index contributed by atoms with van der Waals surface area (Å²) in [5, 5.41) is 0. The molecule has 2 rings (SSSR count). The summed E-state index contributed by atoms with van der Waals surface area (Å²) in [5.74, 6) is 0. The summed E-state index contributed by atoms with van der Waals surface area (Å²) >= 11 is 0. The van der Waals surface area contributed by atoms with Gasteiger partial charge in [-0.05, 0) is 48.8 Å². The molecule has 2 aromatic rings. The van der Waals surface area contributed by atoms with Gasteiger partial charge in [0, 0.05) is 6.04 Å². The molecular weight excluding hydrogens is 242 g/mol. The van der Waals surface area contributed by atoms with E-state index in [1.807, 2.05) is 0 Å². The monoisotopic (exact) mass is 267 g/mol. The van der Waals surface area contributed by atoms with Gasteiger partial charge in [-0.3, -0.25) is 0 Å². The maximum Gasteiger partial charge on any atom is 0.00794 e. The van der Waals surface area contributed by atoms with E-state index in [2.05, 4.69) is 61.5 Å². The molecular formula is C19H25N. The second-order valence-corrected chi connectivity index (χ2v) is 5.51. The summed E-state index contributed by atoms with van der Waals surface area (Å²) < 4.78 is 0. The van der Waals surface area contributed by atoms with Crippen molar-refractivity contribution in [2.45, 2.75) is 45.1 Å². The van der Waals surface area contributed by atoms with Crippen LogP contribution in [0.1, 0.15) is 36.5 Å². The molecule has 20 heavy (non-hydrogen) atoms. The molecule has 0 aliphatic rings. The normalized spacial score (nSPS) is 12.3. The minimum absolute atomic E-state index is 0.270. The zero-order valence-corrected chi connectivity index (χ0v) is 12.4. The molecule has 0 bridgehead atoms. The van der Waals surface area contributed by atoms with Crippen LogP contribution < -0.4 is 5.73 Å². The number of hydrogen-bond donors (Lipinski definition) is 1. The fourth-order valence-electron chi connectivity index (χ4n) is 2.53. The lowest BCUT2D eigenvalue weighted by Gasteiger charge is -2.12. The van der Waals surface area contributed by atoms with Crippen molar-refractivity contribution in [3.63, 3.8) is 0 Å². The first-order valence-corrected chi connectivity index (χ1v) is 7.65. The molecule has 106 valence electrons. The fraction of sp³-hybridized carbons (Fsp3) is 0.368. The van der Waals surface area contributed by atoms with Gasteiger partial charge in [-0.2, -0.15) is 0 Å². The van der Waals surface area contributed by atoms with Gasteiger partial charge in [-0.15, -0.1) is 0 Å². The predicted molar refractivity (Wildman–Crippen MR) is 86.9 cm³/mol. The van der Waals surface area contributed by atoms with E-state index in [0.29, 0.717) is 0 Å². The van der Waals surface area contributed by atoms with Gasteiger partial charge in [0.2, 0.25) is 0 Å². The molecule has 1 heteroatoms. The molecule has 0 aliphatic heterocycles. The number of benzene rings is 2. The van der Waals surface area contributed by atoms with E-state index in [1.165, 1.54) is 16.7 Å². The molecule has 0 saturated carbocycles. The largest absolute Gasteiger partial charge is 0.327 e. The lowest BCUT2D eigenvalue weighted by atomic mass is 9.99. The number of hydrogen-bond acceptors (Lipinski definition) is 1. The SMILES string of the molecule is CCc1ccc(CC(N)CCCc2ccccc2)cc1. The van der Waals surface area contributed by atoms with Gasteiger partial charge in [-0.1, -0.05) is 61.5 Å². The fourth-order valence-corrected chi connectivity index (χ4v) is 2.53. The maximum atomic E-state index is 6.24. The summed E-state index contributed by atoms with van der Waals surface area (Å²) in [4.78, 5) is 0. The van der Waals surface area contributed by atoms with Crippen molar-refractivity contribution in [3.8, 4) is 0 Å². The minimum atomic E-state index is 0.270. The smallest absolute Gasteiger partial charge is 0.00794 e. The molecule has 0 amide bonds. The van der Waals surface area contributed by atoms with Crippen LogP contribution in [0.2, 0.25) is 0 Å². The first-order valence-electron chi connectivity index (χ1n) is 7.65. The van der Waals surface area contributed by atoms with Crippen molar-refractivity contribution < 1.29 is 0 Å². The number of nitrogens with two attached hydrogens (primary N) is 1. The van der Waals surface area contributed by atoms with Crippen LogP contribution in [-0.2, 0) is 19.3 Å². The molecule has 1 atom stereocenters. The van der Waals surface area contributed by atoms with Crippen LogP contribution in [-0.4, -0.2) is 6.04 Å². The lowest BCUT2D eigenvalue weighted by Crippen LogP contribution is -2.22. The summed E-state index contributed by atoms with van der Waals surface area (Å²) in [7, 11) is 0. The van der Waals surface area contributed by atoms with Crippen LogP contribution in [0.4, 0.5) is 0 Å². The zero-order valence-electron chi connectivity index (χ0n) is 12.4. The van der Waals surface area contributed by atoms with Crippen molar-refractivity contribution in [2.24, 2.45) is 5.73 Å². The molecule has 1 unspecified atom stereocenters. The zero-order chi connectivity index (χ0) is 14.2. The summed E-state index contributed by atoms with van der Waals surface area (Å²) in [6.07, 6.45) is 5.47. The van der Waals surface area contributed by atoms with Crippen LogP contribution in [0.25, 0.3) is 0 Å². The highest BCUT2D eigenvalue weighted by Gasteiger charge is 2.04. The van der Waals surface area contributed by atoms with Gasteiger partial charge in [0.1, 0.15) is 0 Å². The second kappa shape index (κ2) is 7.86. The third-order valence-corrected chi connectivity index (χ3v) is 3.81. The van der Waals surface area contributed by atoms with E-state index in [9.17, 15) is 0 Å². The van der Waals surface area contributed by atoms with Gasteiger partial charge >= 0.3 is 0 Å². The Morgan fingerprint density at radius 2 is 1.50 bits per heavy atom. The Morgan fingerprint density at radius 3 is 2.15 bits per heavy atom. The van der Waals surface area contributed by atoms with Crippen molar-refractivity contribution in [2.75, 3.05) is 0 Å². The third-order valence-electron chi connectivity index (χ3n) is 3.81. The van der Waals surface area contributed by atoms with Crippen LogP contribution in [0.5, 0.6) is 0 Å². The molecule has 2 N–H and O–H groups in total. The van der Waals surface area contributed by atoms with E-state index in [1.54, 1.807) is 0 Å². The molecule has 0 aromatic heterocycles. The Morgan fingerprint density at radius 1 is 0.850 bits per heavy atom. The molecule has 0 radical (unpaired) electrons. The Hall–Kier alpha value is -1.60. The minimum Gasteiger partial charge on any atom is -0.327 e. The topological polar surface area (TPSA) is 26.0 Å². The van der Waals surface area contributed by atoms with Crippen LogP contribution in [0.3, 0.4) is 0 Å². The molecule has 0 spiro atoms. The average molecular weight is 267 g/mol. The lowest BCUT2D eigenvalue weighted by molar-refractivity contribution is 0.580. The van der Waals surface area contributed by atoms with E-state index < -0.39 is 0 Å². The first kappa shape index (κ1) is 14.8. The van der Waals surface area contributed by atoms with Gasteiger partial charge in [0.05, 0.1) is 0 Å². The van der Waals surface area contributed by atoms with Gasteiger partial charge < -0.3 is 5.73 Å². The Kier molecular flexibility index (Phi) is 5.82. The summed E-state index contributed by atoms with van der Waals surface area (Å²) in [5.41, 5.74) is 10.4. The summed E-state index contributed by atoms with van der Waals surface area (Å²) in [6, 6.07) is 19.8. The molecule has 2 aromatic carbocycles. The number of aryl methyl sites for hydroxylation is 2. The van der Waals surface area contributed by atoms with E-state index >= 15 is 0 Å². The number of rotatable bonds is 7. The maximum absolute atomic E-state index is 6.24. The van der Waals surface area contributed by atoms with Gasteiger partial charge in [0.15, 0.2) is 0 Å². The average Bonchev–Trinajstić information content (AvgIpc) is 2.49. The highest BCUT2D eigenvalue weighted by Crippen LogP contribution is 2.11. The highest BCUT2D eigenvalue weighted by molar-refractivity contribution is 5.23. The van der Waals surface area contributed by atoms with Crippen molar-refractivity contribution in [3.05, 3.63) is 71.3 Å². The second-order valence-electron chi connectivity index (χ2n) is 5.51. The first-order chi connectivity index (χ1) is 9.78. The molecule has 0 fully saturated rings. The Bertz CT molecular complexity index is 487. The molecule has 0 aliphatic carbocycles.